The number of aliphatic hydroxyl groups is 1. The van der Waals surface area contributed by atoms with E-state index < -0.39 is 23.5 Å². The number of aryl methyl sites for hydroxylation is 1. The molecule has 5 rings (SSSR count). The fourth-order valence-corrected chi connectivity index (χ4v) is 5.10. The highest BCUT2D eigenvalue weighted by Crippen LogP contribution is 2.29. The molecule has 224 valence electrons. The third-order valence-corrected chi connectivity index (χ3v) is 7.42. The third-order valence-electron chi connectivity index (χ3n) is 7.42. The first-order chi connectivity index (χ1) is 20.4. The van der Waals surface area contributed by atoms with Crippen molar-refractivity contribution in [3.63, 3.8) is 0 Å². The summed E-state index contributed by atoms with van der Waals surface area (Å²) >= 11 is 0. The van der Waals surface area contributed by atoms with E-state index in [9.17, 15) is 14.7 Å². The van der Waals surface area contributed by atoms with E-state index in [-0.39, 0.29) is 33.7 Å². The molecule has 1 fully saturated rings. The summed E-state index contributed by atoms with van der Waals surface area (Å²) in [7, 11) is 3.49. The molecule has 4 aromatic rings. The lowest BCUT2D eigenvalue weighted by molar-refractivity contribution is 0.281. The number of fused-ring (bicyclic) bond motifs is 1. The van der Waals surface area contributed by atoms with Gasteiger partial charge in [0.2, 0.25) is 0 Å². The number of halogens is 1. The summed E-state index contributed by atoms with van der Waals surface area (Å²) in [4.78, 5) is 37.3. The van der Waals surface area contributed by atoms with E-state index in [2.05, 4.69) is 25.3 Å². The molecule has 1 saturated heterocycles. The van der Waals surface area contributed by atoms with Crippen molar-refractivity contribution < 1.29 is 9.50 Å². The Kier molecular flexibility index (Phi) is 8.00. The zero-order chi connectivity index (χ0) is 31.1. The van der Waals surface area contributed by atoms with Gasteiger partial charge in [-0.1, -0.05) is 26.8 Å². The summed E-state index contributed by atoms with van der Waals surface area (Å²) in [6.07, 6.45) is 4.66. The number of likely N-dealkylation sites (N-methyl/N-ethyl adjacent to an activating group) is 1. The number of nitrogens with zero attached hydrogens (tertiary/aromatic N) is 6. The molecule has 0 spiro atoms. The van der Waals surface area contributed by atoms with Crippen LogP contribution in [0.2, 0.25) is 0 Å². The van der Waals surface area contributed by atoms with Crippen LogP contribution in [0.3, 0.4) is 0 Å². The number of nitrogens with one attached hydrogen (secondary N) is 1. The number of piperazine rings is 1. The number of hydrogen-bond acceptors (Lipinski definition) is 8. The van der Waals surface area contributed by atoms with Crippen LogP contribution in [-0.2, 0) is 19.1 Å². The first-order valence-electron chi connectivity index (χ1n) is 13.9. The molecule has 0 saturated carbocycles. The Morgan fingerprint density at radius 1 is 1.19 bits per heavy atom. The molecular weight excluding hydrogens is 551 g/mol. The minimum absolute atomic E-state index is 0.0489. The van der Waals surface area contributed by atoms with Crippen molar-refractivity contribution in [2.45, 2.75) is 32.8 Å². The lowest BCUT2D eigenvalue weighted by Crippen LogP contribution is -2.40. The van der Waals surface area contributed by atoms with Crippen LogP contribution in [0, 0.1) is 5.82 Å². The Hall–Kier alpha value is -4.68. The van der Waals surface area contributed by atoms with Crippen molar-refractivity contribution in [2.75, 3.05) is 26.7 Å². The topological polar surface area (TPSA) is 144 Å². The van der Waals surface area contributed by atoms with Crippen molar-refractivity contribution in [3.8, 4) is 17.1 Å². The lowest BCUT2D eigenvalue weighted by atomic mass is 9.86. The Bertz CT molecular complexity index is 1900. The maximum absolute atomic E-state index is 15.3. The Morgan fingerprint density at radius 3 is 2.65 bits per heavy atom. The van der Waals surface area contributed by atoms with Crippen molar-refractivity contribution in [1.82, 2.24) is 29.5 Å². The molecule has 3 aromatic heterocycles. The van der Waals surface area contributed by atoms with Crippen molar-refractivity contribution in [3.05, 3.63) is 92.2 Å². The molecular formula is C31H35FN8O3. The van der Waals surface area contributed by atoms with Gasteiger partial charge in [0.25, 0.3) is 11.1 Å². The van der Waals surface area contributed by atoms with Crippen LogP contribution in [0.25, 0.3) is 27.8 Å². The number of nitrogens with two attached hydrogens (primary N) is 1. The fraction of sp³-hybridized carbons (Fsp3) is 0.323. The Labute approximate surface area is 247 Å². The van der Waals surface area contributed by atoms with Crippen LogP contribution in [0.4, 0.5) is 10.1 Å². The SMILES string of the molecule is CN1CCN/C(=C\C(N)=Nc2cc(-c3ccnc(-n4ccc5cc(C(C)(C)C)cc(F)c5c4=O)c3CO)nn(C)c2=O)C1. The maximum Gasteiger partial charge on any atom is 0.292 e. The van der Waals surface area contributed by atoms with Crippen LogP contribution in [0.15, 0.2) is 69.1 Å². The number of amidine groups is 1. The average molecular weight is 587 g/mol. The van der Waals surface area contributed by atoms with Gasteiger partial charge in [-0.05, 0) is 47.7 Å². The lowest BCUT2D eigenvalue weighted by Gasteiger charge is -2.25. The minimum Gasteiger partial charge on any atom is -0.392 e. The number of aliphatic hydroxyl groups excluding tert-OH is 1. The van der Waals surface area contributed by atoms with E-state index in [0.717, 1.165) is 29.0 Å². The minimum atomic E-state index is -0.631. The Balaban J connectivity index is 1.61. The van der Waals surface area contributed by atoms with Crippen molar-refractivity contribution in [2.24, 2.45) is 17.8 Å². The van der Waals surface area contributed by atoms with Gasteiger partial charge in [-0.3, -0.25) is 19.1 Å². The van der Waals surface area contributed by atoms with Gasteiger partial charge in [-0.15, -0.1) is 0 Å². The van der Waals surface area contributed by atoms with Gasteiger partial charge in [0.1, 0.15) is 23.2 Å². The highest BCUT2D eigenvalue weighted by Gasteiger charge is 2.21. The second-order valence-electron chi connectivity index (χ2n) is 11.7. The van der Waals surface area contributed by atoms with Crippen LogP contribution in [0.5, 0.6) is 0 Å². The van der Waals surface area contributed by atoms with E-state index >= 15 is 4.39 Å². The zero-order valence-corrected chi connectivity index (χ0v) is 24.8. The monoisotopic (exact) mass is 586 g/mol. The molecule has 11 nitrogen and oxygen atoms in total. The predicted molar refractivity (Wildman–Crippen MR) is 165 cm³/mol. The summed E-state index contributed by atoms with van der Waals surface area (Å²) in [6.45, 7) is 7.76. The van der Waals surface area contributed by atoms with Gasteiger partial charge in [0.05, 0.1) is 17.7 Å². The smallest absolute Gasteiger partial charge is 0.292 e. The second-order valence-corrected chi connectivity index (χ2v) is 11.7. The van der Waals surface area contributed by atoms with Gasteiger partial charge >= 0.3 is 0 Å². The highest BCUT2D eigenvalue weighted by atomic mass is 19.1. The molecule has 12 heteroatoms. The first kappa shape index (κ1) is 29.8. The normalized spacial score (nSPS) is 15.7. The highest BCUT2D eigenvalue weighted by molar-refractivity contribution is 5.94. The number of pyridine rings is 2. The quantitative estimate of drug-likeness (QED) is 0.239. The van der Waals surface area contributed by atoms with E-state index in [0.29, 0.717) is 23.2 Å². The van der Waals surface area contributed by atoms with Crippen LogP contribution >= 0.6 is 0 Å². The largest absolute Gasteiger partial charge is 0.392 e. The van der Waals surface area contributed by atoms with Gasteiger partial charge < -0.3 is 16.2 Å². The van der Waals surface area contributed by atoms with Crippen molar-refractivity contribution >= 4 is 22.3 Å². The molecule has 43 heavy (non-hydrogen) atoms. The molecule has 4 heterocycles. The molecule has 0 amide bonds. The number of hydrogen-bond donors (Lipinski definition) is 3. The first-order valence-corrected chi connectivity index (χ1v) is 13.9. The Morgan fingerprint density at radius 2 is 1.95 bits per heavy atom. The molecule has 0 unspecified atom stereocenters. The summed E-state index contributed by atoms with van der Waals surface area (Å²) in [5.74, 6) is -0.374. The van der Waals surface area contributed by atoms with Crippen LogP contribution < -0.4 is 22.2 Å². The van der Waals surface area contributed by atoms with E-state index in [1.807, 2.05) is 33.9 Å². The van der Waals surface area contributed by atoms with E-state index in [4.69, 9.17) is 5.73 Å². The molecule has 1 aromatic carbocycles. The van der Waals surface area contributed by atoms with Gasteiger partial charge in [0, 0.05) is 62.0 Å². The summed E-state index contributed by atoms with van der Waals surface area (Å²) in [5, 5.41) is 18.5. The van der Waals surface area contributed by atoms with Crippen LogP contribution in [-0.4, -0.2) is 61.9 Å². The van der Waals surface area contributed by atoms with Gasteiger partial charge in [0.15, 0.2) is 0 Å². The van der Waals surface area contributed by atoms with Crippen LogP contribution in [0.1, 0.15) is 31.9 Å². The molecule has 0 atom stereocenters. The van der Waals surface area contributed by atoms with E-state index in [1.54, 1.807) is 18.2 Å². The number of aromatic nitrogens is 4. The second kappa shape index (κ2) is 11.5. The average Bonchev–Trinajstić information content (AvgIpc) is 2.94. The summed E-state index contributed by atoms with van der Waals surface area (Å²) in [6, 6.07) is 7.93. The molecule has 0 bridgehead atoms. The third kappa shape index (κ3) is 5.97. The molecule has 4 N–H and O–H groups in total. The van der Waals surface area contributed by atoms with Crippen molar-refractivity contribution in [1.29, 1.82) is 0 Å². The fourth-order valence-electron chi connectivity index (χ4n) is 5.10. The molecule has 1 aliphatic heterocycles. The molecule has 1 aliphatic rings. The molecule has 0 radical (unpaired) electrons. The maximum atomic E-state index is 15.3. The molecule has 0 aliphatic carbocycles. The standard InChI is InChI=1S/C31H35FN8O3/c1-31(2,3)19-12-18-7-10-40(30(43)27(18)23(32)13-19)28-22(17-41)21(6-8-35-28)24-15-25(29(42)39(5)37-24)36-26(33)14-20-16-38(4)11-9-34-20/h6-8,10,12-15,34,41H,9,11,16-17H2,1-5H3,(H2,33,36)/b20-14-. The van der Waals surface area contributed by atoms with Gasteiger partial charge in [-0.25, -0.2) is 19.0 Å². The summed E-state index contributed by atoms with van der Waals surface area (Å²) in [5.41, 5.74) is 7.49. The predicted octanol–water partition coefficient (Wildman–Crippen LogP) is 2.48. The number of aliphatic imine (C=N–C) groups is 1. The van der Waals surface area contributed by atoms with Gasteiger partial charge in [-0.2, -0.15) is 5.10 Å². The summed E-state index contributed by atoms with van der Waals surface area (Å²) < 4.78 is 17.6. The number of benzene rings is 1. The van der Waals surface area contributed by atoms with E-state index in [1.165, 1.54) is 36.1 Å². The zero-order valence-electron chi connectivity index (χ0n) is 24.8. The number of rotatable bonds is 5.